The molecular weight excluding hydrogens is 322 g/mol. The van der Waals surface area contributed by atoms with E-state index in [0.29, 0.717) is 19.6 Å². The lowest BCUT2D eigenvalue weighted by Crippen LogP contribution is -2.23. The highest BCUT2D eigenvalue weighted by molar-refractivity contribution is 7.99. The Kier molecular flexibility index (Phi) is 7.65. The third-order valence-corrected chi connectivity index (χ3v) is 4.57. The summed E-state index contributed by atoms with van der Waals surface area (Å²) < 4.78 is 10.3. The van der Waals surface area contributed by atoms with Crippen LogP contribution in [0.3, 0.4) is 0 Å². The Morgan fingerprint density at radius 1 is 1.04 bits per heavy atom. The Bertz CT molecular complexity index is 643. The summed E-state index contributed by atoms with van der Waals surface area (Å²) in [6.07, 6.45) is 0.489. The van der Waals surface area contributed by atoms with Gasteiger partial charge in [-0.1, -0.05) is 24.3 Å². The zero-order valence-electron chi connectivity index (χ0n) is 14.1. The maximum atomic E-state index is 12.0. The SMILES string of the molecule is COCc1ccccc1CNC(=O)CCSc1ccc(OC)cc1. The van der Waals surface area contributed by atoms with Gasteiger partial charge in [0.1, 0.15) is 5.75 Å². The maximum Gasteiger partial charge on any atom is 0.221 e. The van der Waals surface area contributed by atoms with Crippen molar-refractivity contribution in [3.8, 4) is 5.75 Å². The van der Waals surface area contributed by atoms with Crippen LogP contribution in [0.1, 0.15) is 17.5 Å². The van der Waals surface area contributed by atoms with Crippen LogP contribution in [0.5, 0.6) is 5.75 Å². The molecule has 2 aromatic carbocycles. The molecular formula is C19H23NO3S. The molecule has 1 amide bonds. The van der Waals surface area contributed by atoms with Crippen LogP contribution in [-0.4, -0.2) is 25.9 Å². The lowest BCUT2D eigenvalue weighted by atomic mass is 10.1. The Hall–Kier alpha value is -1.98. The topological polar surface area (TPSA) is 47.6 Å². The third-order valence-electron chi connectivity index (χ3n) is 3.55. The van der Waals surface area contributed by atoms with Crippen molar-refractivity contribution in [1.82, 2.24) is 5.32 Å². The highest BCUT2D eigenvalue weighted by atomic mass is 32.2. The monoisotopic (exact) mass is 345 g/mol. The van der Waals surface area contributed by atoms with Crippen molar-refractivity contribution in [2.75, 3.05) is 20.0 Å². The minimum Gasteiger partial charge on any atom is -0.497 e. The summed E-state index contributed by atoms with van der Waals surface area (Å²) in [5.74, 6) is 1.65. The van der Waals surface area contributed by atoms with E-state index in [0.717, 1.165) is 27.5 Å². The number of methoxy groups -OCH3 is 2. The molecule has 1 N–H and O–H groups in total. The molecule has 0 saturated carbocycles. The molecule has 0 radical (unpaired) electrons. The lowest BCUT2D eigenvalue weighted by molar-refractivity contribution is -0.120. The van der Waals surface area contributed by atoms with Crippen LogP contribution in [-0.2, 0) is 22.7 Å². The van der Waals surface area contributed by atoms with E-state index in [9.17, 15) is 4.79 Å². The Morgan fingerprint density at radius 2 is 1.75 bits per heavy atom. The van der Waals surface area contributed by atoms with Crippen LogP contribution in [0.4, 0.5) is 0 Å². The number of nitrogens with one attached hydrogen (secondary N) is 1. The van der Waals surface area contributed by atoms with Gasteiger partial charge in [0, 0.05) is 30.7 Å². The van der Waals surface area contributed by atoms with Gasteiger partial charge in [0.2, 0.25) is 5.91 Å². The van der Waals surface area contributed by atoms with Crippen molar-refractivity contribution in [2.45, 2.75) is 24.5 Å². The third kappa shape index (κ3) is 5.91. The second-order valence-corrected chi connectivity index (χ2v) is 6.42. The van der Waals surface area contributed by atoms with Crippen molar-refractivity contribution in [3.63, 3.8) is 0 Å². The van der Waals surface area contributed by atoms with Crippen molar-refractivity contribution in [2.24, 2.45) is 0 Å². The molecule has 0 atom stereocenters. The van der Waals surface area contributed by atoms with Gasteiger partial charge in [0.05, 0.1) is 13.7 Å². The van der Waals surface area contributed by atoms with Crippen LogP contribution in [0, 0.1) is 0 Å². The fourth-order valence-electron chi connectivity index (χ4n) is 2.24. The predicted molar refractivity (Wildman–Crippen MR) is 97.3 cm³/mol. The molecule has 0 aliphatic carbocycles. The number of benzene rings is 2. The molecule has 4 nitrogen and oxygen atoms in total. The van der Waals surface area contributed by atoms with Crippen LogP contribution in [0.25, 0.3) is 0 Å². The number of hydrogen-bond acceptors (Lipinski definition) is 4. The average molecular weight is 345 g/mol. The fraction of sp³-hybridized carbons (Fsp3) is 0.316. The van der Waals surface area contributed by atoms with Crippen molar-refractivity contribution < 1.29 is 14.3 Å². The molecule has 0 bridgehead atoms. The minimum absolute atomic E-state index is 0.0585. The van der Waals surface area contributed by atoms with Crippen molar-refractivity contribution >= 4 is 17.7 Å². The molecule has 5 heteroatoms. The summed E-state index contributed by atoms with van der Waals surface area (Å²) in [7, 11) is 3.32. The molecule has 128 valence electrons. The van der Waals surface area contributed by atoms with E-state index in [4.69, 9.17) is 9.47 Å². The fourth-order valence-corrected chi connectivity index (χ4v) is 3.09. The number of ether oxygens (including phenoxy) is 2. The molecule has 0 saturated heterocycles. The van der Waals surface area contributed by atoms with Crippen molar-refractivity contribution in [3.05, 3.63) is 59.7 Å². The van der Waals surface area contributed by atoms with E-state index in [-0.39, 0.29) is 5.91 Å². The van der Waals surface area contributed by atoms with E-state index < -0.39 is 0 Å². The van der Waals surface area contributed by atoms with Gasteiger partial charge in [-0.05, 0) is 35.4 Å². The Labute approximate surface area is 147 Å². The molecule has 0 unspecified atom stereocenters. The van der Waals surface area contributed by atoms with E-state index in [1.54, 1.807) is 26.0 Å². The van der Waals surface area contributed by atoms with Gasteiger partial charge in [0.15, 0.2) is 0 Å². The van der Waals surface area contributed by atoms with E-state index in [1.807, 2.05) is 48.5 Å². The number of thioether (sulfide) groups is 1. The average Bonchev–Trinajstić information content (AvgIpc) is 2.62. The predicted octanol–water partition coefficient (Wildman–Crippen LogP) is 3.64. The van der Waals surface area contributed by atoms with Gasteiger partial charge < -0.3 is 14.8 Å². The van der Waals surface area contributed by atoms with Crippen LogP contribution < -0.4 is 10.1 Å². The largest absolute Gasteiger partial charge is 0.497 e. The van der Waals surface area contributed by atoms with Crippen molar-refractivity contribution in [1.29, 1.82) is 0 Å². The molecule has 0 aliphatic rings. The lowest BCUT2D eigenvalue weighted by Gasteiger charge is -2.10. The molecule has 0 aromatic heterocycles. The molecule has 0 heterocycles. The number of carbonyl (C=O) groups is 1. The standard InChI is InChI=1S/C19H23NO3S/c1-22-14-16-6-4-3-5-15(16)13-20-19(21)11-12-24-18-9-7-17(23-2)8-10-18/h3-10H,11-14H2,1-2H3,(H,20,21). The Balaban J connectivity index is 1.73. The zero-order chi connectivity index (χ0) is 17.2. The number of hydrogen-bond donors (Lipinski definition) is 1. The molecule has 0 fully saturated rings. The van der Waals surface area contributed by atoms with E-state index >= 15 is 0 Å². The summed E-state index contributed by atoms with van der Waals surface area (Å²) in [6.45, 7) is 1.09. The summed E-state index contributed by atoms with van der Waals surface area (Å²) >= 11 is 1.66. The summed E-state index contributed by atoms with van der Waals surface area (Å²) in [5.41, 5.74) is 2.20. The van der Waals surface area contributed by atoms with Gasteiger partial charge in [-0.15, -0.1) is 11.8 Å². The zero-order valence-corrected chi connectivity index (χ0v) is 14.9. The summed E-state index contributed by atoms with van der Waals surface area (Å²) in [4.78, 5) is 13.1. The first kappa shape index (κ1) is 18.4. The number of carbonyl (C=O) groups excluding carboxylic acids is 1. The van der Waals surface area contributed by atoms with Crippen LogP contribution in [0.15, 0.2) is 53.4 Å². The first-order chi connectivity index (χ1) is 11.7. The van der Waals surface area contributed by atoms with E-state index in [1.165, 1.54) is 0 Å². The molecule has 2 aromatic rings. The highest BCUT2D eigenvalue weighted by Gasteiger charge is 2.05. The van der Waals surface area contributed by atoms with Gasteiger partial charge >= 0.3 is 0 Å². The van der Waals surface area contributed by atoms with Gasteiger partial charge in [-0.3, -0.25) is 4.79 Å². The van der Waals surface area contributed by atoms with Gasteiger partial charge in [-0.2, -0.15) is 0 Å². The van der Waals surface area contributed by atoms with Crippen LogP contribution in [0.2, 0.25) is 0 Å². The molecule has 0 spiro atoms. The molecule has 24 heavy (non-hydrogen) atoms. The molecule has 2 rings (SSSR count). The first-order valence-corrected chi connectivity index (χ1v) is 8.80. The summed E-state index contributed by atoms with van der Waals surface area (Å²) in [6, 6.07) is 15.8. The van der Waals surface area contributed by atoms with Crippen LogP contribution >= 0.6 is 11.8 Å². The minimum atomic E-state index is 0.0585. The quantitative estimate of drug-likeness (QED) is 0.705. The number of amides is 1. The highest BCUT2D eigenvalue weighted by Crippen LogP contribution is 2.21. The van der Waals surface area contributed by atoms with Gasteiger partial charge in [-0.25, -0.2) is 0 Å². The van der Waals surface area contributed by atoms with Gasteiger partial charge in [0.25, 0.3) is 0 Å². The summed E-state index contributed by atoms with van der Waals surface area (Å²) in [5, 5.41) is 2.97. The smallest absolute Gasteiger partial charge is 0.221 e. The van der Waals surface area contributed by atoms with E-state index in [2.05, 4.69) is 5.32 Å². The molecule has 0 aliphatic heterocycles. The maximum absolute atomic E-state index is 12.0. The number of rotatable bonds is 9. The first-order valence-electron chi connectivity index (χ1n) is 7.82. The Morgan fingerprint density at radius 3 is 2.42 bits per heavy atom. The second kappa shape index (κ2) is 10.0. The normalized spacial score (nSPS) is 10.4. The second-order valence-electron chi connectivity index (χ2n) is 5.25.